The third kappa shape index (κ3) is 1.89. The highest BCUT2D eigenvalue weighted by molar-refractivity contribution is 5.02. The third-order valence-electron chi connectivity index (χ3n) is 4.60. The molecule has 2 saturated heterocycles. The van der Waals surface area contributed by atoms with Crippen molar-refractivity contribution in [2.45, 2.75) is 44.7 Å². The van der Waals surface area contributed by atoms with E-state index >= 15 is 0 Å². The predicted molar refractivity (Wildman–Crippen MR) is 66.7 cm³/mol. The van der Waals surface area contributed by atoms with Crippen LogP contribution in [-0.4, -0.2) is 49.8 Å². The molecule has 0 aromatic rings. The maximum atomic E-state index is 5.33. The van der Waals surface area contributed by atoms with E-state index in [1.54, 1.807) is 0 Å². The van der Waals surface area contributed by atoms with Crippen LogP contribution in [0.3, 0.4) is 0 Å². The molecule has 3 rings (SSSR count). The number of ether oxygens (including phenoxy) is 1. The van der Waals surface area contributed by atoms with E-state index in [1.807, 2.05) is 0 Å². The van der Waals surface area contributed by atoms with E-state index in [9.17, 15) is 0 Å². The SMILES string of the molecule is CCNC1CCC(N2CC3(COC3)C2)CC1.[HH]. The van der Waals surface area contributed by atoms with Gasteiger partial charge in [0.25, 0.3) is 0 Å². The van der Waals surface area contributed by atoms with E-state index in [1.165, 1.54) is 38.8 Å². The second-order valence-electron chi connectivity index (χ2n) is 5.96. The first kappa shape index (κ1) is 11.0. The van der Waals surface area contributed by atoms with Gasteiger partial charge in [-0.2, -0.15) is 0 Å². The molecule has 3 nitrogen and oxygen atoms in total. The molecule has 1 N–H and O–H groups in total. The van der Waals surface area contributed by atoms with Crippen molar-refractivity contribution in [2.24, 2.45) is 5.41 Å². The summed E-state index contributed by atoms with van der Waals surface area (Å²) in [5.74, 6) is 0. The summed E-state index contributed by atoms with van der Waals surface area (Å²) in [5, 5.41) is 3.58. The van der Waals surface area contributed by atoms with Crippen molar-refractivity contribution in [3.63, 3.8) is 0 Å². The second-order valence-corrected chi connectivity index (χ2v) is 5.96. The Hall–Kier alpha value is -0.120. The molecule has 0 aromatic heterocycles. The van der Waals surface area contributed by atoms with Crippen molar-refractivity contribution in [2.75, 3.05) is 32.8 Å². The molecule has 3 fully saturated rings. The lowest BCUT2D eigenvalue weighted by Crippen LogP contribution is -2.68. The number of nitrogens with zero attached hydrogens (tertiary/aromatic N) is 1. The van der Waals surface area contributed by atoms with Crippen LogP contribution in [0.1, 0.15) is 34.0 Å². The highest BCUT2D eigenvalue weighted by atomic mass is 16.5. The molecule has 0 bridgehead atoms. The lowest BCUT2D eigenvalue weighted by Gasteiger charge is -2.58. The normalized spacial score (nSPS) is 38.1. The minimum Gasteiger partial charge on any atom is -0.380 e. The van der Waals surface area contributed by atoms with Crippen molar-refractivity contribution in [3.8, 4) is 0 Å². The maximum absolute atomic E-state index is 5.33. The second kappa shape index (κ2) is 4.28. The zero-order valence-electron chi connectivity index (χ0n) is 10.4. The van der Waals surface area contributed by atoms with E-state index < -0.39 is 0 Å². The molecule has 0 unspecified atom stereocenters. The molecule has 2 heterocycles. The Bertz CT molecular complexity index is 242. The number of likely N-dealkylation sites (tertiary alicyclic amines) is 1. The van der Waals surface area contributed by atoms with Gasteiger partial charge in [0.2, 0.25) is 0 Å². The van der Waals surface area contributed by atoms with Gasteiger partial charge in [0, 0.05) is 32.0 Å². The quantitative estimate of drug-likeness (QED) is 0.789. The Kier molecular flexibility index (Phi) is 2.94. The average molecular weight is 226 g/mol. The Morgan fingerprint density at radius 2 is 1.94 bits per heavy atom. The number of hydrogen-bond donors (Lipinski definition) is 1. The van der Waals surface area contributed by atoms with Gasteiger partial charge in [-0.3, -0.25) is 4.90 Å². The molecule has 94 valence electrons. The molecule has 0 radical (unpaired) electrons. The molecule has 16 heavy (non-hydrogen) atoms. The molecule has 1 spiro atoms. The molecule has 0 amide bonds. The average Bonchev–Trinajstić information content (AvgIpc) is 2.16. The molecule has 3 heteroatoms. The molecule has 2 aliphatic heterocycles. The van der Waals surface area contributed by atoms with Crippen molar-refractivity contribution in [1.82, 2.24) is 10.2 Å². The molecule has 0 atom stereocenters. The van der Waals surface area contributed by atoms with Crippen molar-refractivity contribution < 1.29 is 6.16 Å². The first-order valence-corrected chi connectivity index (χ1v) is 6.86. The summed E-state index contributed by atoms with van der Waals surface area (Å²) in [6, 6.07) is 1.67. The number of nitrogens with one attached hydrogen (secondary N) is 1. The monoisotopic (exact) mass is 226 g/mol. The Morgan fingerprint density at radius 1 is 1.25 bits per heavy atom. The van der Waals surface area contributed by atoms with E-state index in [0.29, 0.717) is 5.41 Å². The summed E-state index contributed by atoms with van der Waals surface area (Å²) in [7, 11) is 0. The smallest absolute Gasteiger partial charge is 0.0569 e. The van der Waals surface area contributed by atoms with Gasteiger partial charge in [-0.1, -0.05) is 6.92 Å². The summed E-state index contributed by atoms with van der Waals surface area (Å²) in [5.41, 5.74) is 0.596. The van der Waals surface area contributed by atoms with Gasteiger partial charge in [0.05, 0.1) is 13.2 Å². The van der Waals surface area contributed by atoms with Gasteiger partial charge >= 0.3 is 0 Å². The fourth-order valence-corrected chi connectivity index (χ4v) is 3.58. The number of rotatable bonds is 3. The summed E-state index contributed by atoms with van der Waals surface area (Å²) in [4.78, 5) is 2.70. The van der Waals surface area contributed by atoms with Crippen LogP contribution in [0, 0.1) is 5.41 Å². The fraction of sp³-hybridized carbons (Fsp3) is 1.00. The molecule has 3 aliphatic rings. The zero-order chi connectivity index (χ0) is 11.0. The van der Waals surface area contributed by atoms with Gasteiger partial charge in [-0.15, -0.1) is 0 Å². The van der Waals surface area contributed by atoms with Gasteiger partial charge in [-0.25, -0.2) is 0 Å². The minimum absolute atomic E-state index is 0. The van der Waals surface area contributed by atoms with Gasteiger partial charge in [0.1, 0.15) is 0 Å². The van der Waals surface area contributed by atoms with Gasteiger partial charge < -0.3 is 10.1 Å². The molecule has 1 saturated carbocycles. The van der Waals surface area contributed by atoms with Crippen LogP contribution in [0.4, 0.5) is 0 Å². The van der Waals surface area contributed by atoms with Crippen molar-refractivity contribution in [1.29, 1.82) is 0 Å². The Morgan fingerprint density at radius 3 is 2.44 bits per heavy atom. The Balaban J connectivity index is 0.00000108. The highest BCUT2D eigenvalue weighted by Crippen LogP contribution is 2.40. The first-order valence-electron chi connectivity index (χ1n) is 6.86. The zero-order valence-corrected chi connectivity index (χ0v) is 10.4. The van der Waals surface area contributed by atoms with Crippen LogP contribution in [0.15, 0.2) is 0 Å². The summed E-state index contributed by atoms with van der Waals surface area (Å²) >= 11 is 0. The van der Waals surface area contributed by atoms with Crippen LogP contribution >= 0.6 is 0 Å². The predicted octanol–water partition coefficient (Wildman–Crippen LogP) is 1.49. The van der Waals surface area contributed by atoms with E-state index in [0.717, 1.165) is 31.8 Å². The third-order valence-corrected chi connectivity index (χ3v) is 4.60. The van der Waals surface area contributed by atoms with Gasteiger partial charge in [0.15, 0.2) is 0 Å². The number of hydrogen-bond acceptors (Lipinski definition) is 3. The minimum atomic E-state index is 0. The van der Waals surface area contributed by atoms with E-state index in [4.69, 9.17) is 4.74 Å². The topological polar surface area (TPSA) is 24.5 Å². The Labute approximate surface area is 100 Å². The van der Waals surface area contributed by atoms with Crippen LogP contribution in [0.2, 0.25) is 0 Å². The van der Waals surface area contributed by atoms with Crippen LogP contribution in [-0.2, 0) is 4.74 Å². The van der Waals surface area contributed by atoms with Gasteiger partial charge in [-0.05, 0) is 32.2 Å². The van der Waals surface area contributed by atoms with Crippen LogP contribution < -0.4 is 5.32 Å². The van der Waals surface area contributed by atoms with Crippen LogP contribution in [0.25, 0.3) is 0 Å². The van der Waals surface area contributed by atoms with Crippen LogP contribution in [0.5, 0.6) is 0 Å². The molecular formula is C13H26N2O. The van der Waals surface area contributed by atoms with E-state index in [-0.39, 0.29) is 1.43 Å². The lowest BCUT2D eigenvalue weighted by atomic mass is 9.75. The molecular weight excluding hydrogens is 200 g/mol. The first-order chi connectivity index (χ1) is 7.81. The lowest BCUT2D eigenvalue weighted by molar-refractivity contribution is -0.200. The maximum Gasteiger partial charge on any atom is 0.0569 e. The molecule has 1 aliphatic carbocycles. The summed E-state index contributed by atoms with van der Waals surface area (Å²) in [6.07, 6.45) is 5.54. The van der Waals surface area contributed by atoms with Crippen molar-refractivity contribution >= 4 is 0 Å². The molecule has 0 aromatic carbocycles. The summed E-state index contributed by atoms with van der Waals surface area (Å²) in [6.45, 7) is 8.00. The van der Waals surface area contributed by atoms with E-state index in [2.05, 4.69) is 17.1 Å². The summed E-state index contributed by atoms with van der Waals surface area (Å²) < 4.78 is 5.33. The largest absolute Gasteiger partial charge is 0.380 e. The fourth-order valence-electron chi connectivity index (χ4n) is 3.58. The van der Waals surface area contributed by atoms with Crippen molar-refractivity contribution in [3.05, 3.63) is 0 Å². The standard InChI is InChI=1S/C13H24N2O.H2/c1-2-14-11-3-5-12(6-4-11)15-7-13(8-15)9-16-10-13;/h11-12,14H,2-10H2,1H3;1H. The highest BCUT2D eigenvalue weighted by Gasteiger charge is 2.50.